The summed E-state index contributed by atoms with van der Waals surface area (Å²) in [5, 5.41) is 7.20. The first-order chi connectivity index (χ1) is 11.1. The zero-order chi connectivity index (χ0) is 16.8. The van der Waals surface area contributed by atoms with Gasteiger partial charge in [0.15, 0.2) is 11.5 Å². The molecule has 0 aliphatic heterocycles. The van der Waals surface area contributed by atoms with Crippen LogP contribution in [0.1, 0.15) is 23.7 Å². The van der Waals surface area contributed by atoms with E-state index in [9.17, 15) is 4.79 Å². The lowest BCUT2D eigenvalue weighted by Crippen LogP contribution is -2.24. The number of benzene rings is 1. The standard InChI is InChI=1S/C17H23N3O3/c1-5-20-12(2)14(11-19-20)10-18-17(21)9-13-6-7-15(22-3)16(8-13)23-4/h6-8,11H,5,9-10H2,1-4H3,(H,18,21). The molecule has 2 rings (SSSR count). The normalized spacial score (nSPS) is 10.4. The first-order valence-electron chi connectivity index (χ1n) is 7.57. The van der Waals surface area contributed by atoms with Crippen molar-refractivity contribution in [2.45, 2.75) is 33.4 Å². The molecule has 23 heavy (non-hydrogen) atoms. The molecule has 1 N–H and O–H groups in total. The molecule has 0 fully saturated rings. The number of amides is 1. The molecule has 0 spiro atoms. The summed E-state index contributed by atoms with van der Waals surface area (Å²) in [7, 11) is 3.17. The first-order valence-corrected chi connectivity index (χ1v) is 7.57. The van der Waals surface area contributed by atoms with Crippen LogP contribution in [-0.2, 0) is 24.3 Å². The summed E-state index contributed by atoms with van der Waals surface area (Å²) < 4.78 is 12.4. The Bertz CT molecular complexity index is 680. The fraction of sp³-hybridized carbons (Fsp3) is 0.412. The molecule has 0 aliphatic rings. The molecule has 1 aromatic heterocycles. The highest BCUT2D eigenvalue weighted by atomic mass is 16.5. The quantitative estimate of drug-likeness (QED) is 0.849. The van der Waals surface area contributed by atoms with Gasteiger partial charge in [0, 0.05) is 24.3 Å². The number of carbonyl (C=O) groups excluding carboxylic acids is 1. The van der Waals surface area contributed by atoms with Crippen LogP contribution >= 0.6 is 0 Å². The monoisotopic (exact) mass is 317 g/mol. The number of hydrogen-bond acceptors (Lipinski definition) is 4. The molecule has 6 heteroatoms. The lowest BCUT2D eigenvalue weighted by Gasteiger charge is -2.10. The molecule has 2 aromatic rings. The summed E-state index contributed by atoms with van der Waals surface area (Å²) in [5.74, 6) is 1.23. The topological polar surface area (TPSA) is 65.4 Å². The van der Waals surface area contributed by atoms with Gasteiger partial charge in [-0.3, -0.25) is 9.48 Å². The van der Waals surface area contributed by atoms with Crippen molar-refractivity contribution in [3.63, 3.8) is 0 Å². The van der Waals surface area contributed by atoms with E-state index in [4.69, 9.17) is 9.47 Å². The van der Waals surface area contributed by atoms with Crippen molar-refractivity contribution in [1.29, 1.82) is 0 Å². The molecule has 0 radical (unpaired) electrons. The second kappa shape index (κ2) is 7.67. The smallest absolute Gasteiger partial charge is 0.224 e. The lowest BCUT2D eigenvalue weighted by molar-refractivity contribution is -0.120. The van der Waals surface area contributed by atoms with Crippen LogP contribution in [0, 0.1) is 6.92 Å². The van der Waals surface area contributed by atoms with Gasteiger partial charge in [-0.15, -0.1) is 0 Å². The second-order valence-electron chi connectivity index (χ2n) is 5.21. The van der Waals surface area contributed by atoms with E-state index < -0.39 is 0 Å². The van der Waals surface area contributed by atoms with Crippen LogP contribution in [-0.4, -0.2) is 29.9 Å². The summed E-state index contributed by atoms with van der Waals surface area (Å²) in [6.45, 7) is 5.36. The SMILES string of the molecule is CCn1ncc(CNC(=O)Cc2ccc(OC)c(OC)c2)c1C. The number of aromatic nitrogens is 2. The predicted molar refractivity (Wildman–Crippen MR) is 87.7 cm³/mol. The van der Waals surface area contributed by atoms with E-state index in [2.05, 4.69) is 10.4 Å². The average molecular weight is 317 g/mol. The maximum Gasteiger partial charge on any atom is 0.224 e. The largest absolute Gasteiger partial charge is 0.493 e. The van der Waals surface area contributed by atoms with Crippen LogP contribution in [0.4, 0.5) is 0 Å². The van der Waals surface area contributed by atoms with E-state index in [-0.39, 0.29) is 5.91 Å². The Morgan fingerprint density at radius 3 is 2.61 bits per heavy atom. The minimum atomic E-state index is -0.0409. The molecule has 1 heterocycles. The van der Waals surface area contributed by atoms with Crippen LogP contribution in [0.3, 0.4) is 0 Å². The van der Waals surface area contributed by atoms with Gasteiger partial charge < -0.3 is 14.8 Å². The minimum Gasteiger partial charge on any atom is -0.493 e. The molecule has 1 aromatic carbocycles. The molecule has 1 amide bonds. The van der Waals surface area contributed by atoms with Crippen LogP contribution in [0.15, 0.2) is 24.4 Å². The Morgan fingerprint density at radius 2 is 2.00 bits per heavy atom. The fourth-order valence-corrected chi connectivity index (χ4v) is 2.41. The number of hydrogen-bond donors (Lipinski definition) is 1. The molecule has 0 unspecified atom stereocenters. The van der Waals surface area contributed by atoms with Gasteiger partial charge in [-0.2, -0.15) is 5.10 Å². The van der Waals surface area contributed by atoms with E-state index in [0.717, 1.165) is 23.4 Å². The Labute approximate surface area is 136 Å². The van der Waals surface area contributed by atoms with Gasteiger partial charge in [0.05, 0.1) is 26.8 Å². The summed E-state index contributed by atoms with van der Waals surface area (Å²) in [5.41, 5.74) is 2.99. The van der Waals surface area contributed by atoms with E-state index in [1.807, 2.05) is 30.7 Å². The fourth-order valence-electron chi connectivity index (χ4n) is 2.41. The maximum absolute atomic E-state index is 12.1. The van der Waals surface area contributed by atoms with Crippen molar-refractivity contribution < 1.29 is 14.3 Å². The van der Waals surface area contributed by atoms with Crippen LogP contribution in [0.5, 0.6) is 11.5 Å². The molecule has 0 saturated heterocycles. The summed E-state index contributed by atoms with van der Waals surface area (Å²) in [4.78, 5) is 12.1. The van der Waals surface area contributed by atoms with Crippen molar-refractivity contribution in [1.82, 2.24) is 15.1 Å². The average Bonchev–Trinajstić information content (AvgIpc) is 2.92. The maximum atomic E-state index is 12.1. The third-order valence-corrected chi connectivity index (χ3v) is 3.79. The number of nitrogens with one attached hydrogen (secondary N) is 1. The van der Waals surface area contributed by atoms with Gasteiger partial charge in [-0.1, -0.05) is 6.07 Å². The Kier molecular flexibility index (Phi) is 5.62. The number of carbonyl (C=O) groups is 1. The van der Waals surface area contributed by atoms with Gasteiger partial charge in [-0.05, 0) is 31.5 Å². The first kappa shape index (κ1) is 16.9. The predicted octanol–water partition coefficient (Wildman–Crippen LogP) is 2.09. The Morgan fingerprint density at radius 1 is 1.26 bits per heavy atom. The minimum absolute atomic E-state index is 0.0409. The van der Waals surface area contributed by atoms with Crippen molar-refractivity contribution in [3.05, 3.63) is 41.2 Å². The third kappa shape index (κ3) is 4.03. The van der Waals surface area contributed by atoms with Crippen molar-refractivity contribution in [2.24, 2.45) is 0 Å². The molecule has 0 aliphatic carbocycles. The van der Waals surface area contributed by atoms with E-state index in [1.54, 1.807) is 26.5 Å². The highest BCUT2D eigenvalue weighted by Crippen LogP contribution is 2.27. The number of methoxy groups -OCH3 is 2. The zero-order valence-corrected chi connectivity index (χ0v) is 14.0. The Balaban J connectivity index is 1.95. The highest BCUT2D eigenvalue weighted by molar-refractivity contribution is 5.78. The summed E-state index contributed by atoms with van der Waals surface area (Å²) in [6.07, 6.45) is 2.09. The van der Waals surface area contributed by atoms with Crippen LogP contribution < -0.4 is 14.8 Å². The molecular formula is C17H23N3O3. The lowest BCUT2D eigenvalue weighted by atomic mass is 10.1. The highest BCUT2D eigenvalue weighted by Gasteiger charge is 2.10. The van der Waals surface area contributed by atoms with E-state index in [1.165, 1.54) is 0 Å². The zero-order valence-electron chi connectivity index (χ0n) is 14.0. The van der Waals surface area contributed by atoms with Crippen LogP contribution in [0.25, 0.3) is 0 Å². The number of nitrogens with zero attached hydrogens (tertiary/aromatic N) is 2. The molecule has 0 saturated carbocycles. The van der Waals surface area contributed by atoms with Gasteiger partial charge >= 0.3 is 0 Å². The van der Waals surface area contributed by atoms with Crippen molar-refractivity contribution in [3.8, 4) is 11.5 Å². The van der Waals surface area contributed by atoms with Crippen LogP contribution in [0.2, 0.25) is 0 Å². The van der Waals surface area contributed by atoms with E-state index in [0.29, 0.717) is 24.5 Å². The van der Waals surface area contributed by atoms with Gasteiger partial charge in [0.1, 0.15) is 0 Å². The van der Waals surface area contributed by atoms with E-state index >= 15 is 0 Å². The number of ether oxygens (including phenoxy) is 2. The summed E-state index contributed by atoms with van der Waals surface area (Å²) in [6, 6.07) is 5.48. The molecular weight excluding hydrogens is 294 g/mol. The summed E-state index contributed by atoms with van der Waals surface area (Å²) >= 11 is 0. The molecule has 6 nitrogen and oxygen atoms in total. The molecule has 0 bridgehead atoms. The number of rotatable bonds is 7. The Hall–Kier alpha value is -2.50. The van der Waals surface area contributed by atoms with Crippen molar-refractivity contribution >= 4 is 5.91 Å². The molecule has 124 valence electrons. The van der Waals surface area contributed by atoms with Crippen molar-refractivity contribution in [2.75, 3.05) is 14.2 Å². The van der Waals surface area contributed by atoms with Gasteiger partial charge in [0.2, 0.25) is 5.91 Å². The number of aryl methyl sites for hydroxylation is 1. The van der Waals surface area contributed by atoms with Gasteiger partial charge in [0.25, 0.3) is 0 Å². The third-order valence-electron chi connectivity index (χ3n) is 3.79. The molecule has 0 atom stereocenters. The second-order valence-corrected chi connectivity index (χ2v) is 5.21. The van der Waals surface area contributed by atoms with Gasteiger partial charge in [-0.25, -0.2) is 0 Å².